The topological polar surface area (TPSA) is 44.4 Å². The average Bonchev–Trinajstić information content (AvgIpc) is 2.92. The fraction of sp³-hybridized carbons (Fsp3) is 0.429. The third-order valence-corrected chi connectivity index (χ3v) is 4.53. The summed E-state index contributed by atoms with van der Waals surface area (Å²) in [6.07, 6.45) is 0. The molecule has 1 aromatic heterocycles. The quantitative estimate of drug-likeness (QED) is 0.839. The number of hydrogen-bond donors (Lipinski definition) is 2. The Hall–Kier alpha value is -1.40. The van der Waals surface area contributed by atoms with Crippen LogP contribution >= 0.6 is 23.6 Å². The monoisotopic (exact) mass is 309 g/mol. The first-order chi connectivity index (χ1) is 9.58. The summed E-state index contributed by atoms with van der Waals surface area (Å²) in [6, 6.07) is 3.86. The van der Waals surface area contributed by atoms with Crippen molar-refractivity contribution in [3.05, 3.63) is 33.7 Å². The molecular weight excluding hydrogens is 290 g/mol. The van der Waals surface area contributed by atoms with Gasteiger partial charge in [0.1, 0.15) is 0 Å². The highest BCUT2D eigenvalue weighted by molar-refractivity contribution is 7.80. The van der Waals surface area contributed by atoms with Crippen LogP contribution < -0.4 is 10.6 Å². The maximum atomic E-state index is 12.7. The number of rotatable bonds is 4. The molecule has 4 nitrogen and oxygen atoms in total. The number of amides is 1. The van der Waals surface area contributed by atoms with Crippen LogP contribution in [-0.4, -0.2) is 29.0 Å². The zero-order valence-electron chi connectivity index (χ0n) is 11.9. The Morgan fingerprint density at radius 1 is 1.45 bits per heavy atom. The molecule has 2 rings (SSSR count). The van der Waals surface area contributed by atoms with Gasteiger partial charge in [0.25, 0.3) is 5.91 Å². The summed E-state index contributed by atoms with van der Waals surface area (Å²) in [5, 5.41) is 8.85. The Morgan fingerprint density at radius 2 is 2.15 bits per heavy atom. The van der Waals surface area contributed by atoms with Crippen LogP contribution in [0.2, 0.25) is 0 Å². The lowest BCUT2D eigenvalue weighted by Crippen LogP contribution is -2.47. The van der Waals surface area contributed by atoms with Crippen LogP contribution in [0.3, 0.4) is 0 Å². The van der Waals surface area contributed by atoms with Crippen molar-refractivity contribution in [2.45, 2.75) is 26.8 Å². The number of carbonyl (C=O) groups excluding carboxylic acids is 1. The zero-order chi connectivity index (χ0) is 14.7. The summed E-state index contributed by atoms with van der Waals surface area (Å²) in [7, 11) is 0. The van der Waals surface area contributed by atoms with Gasteiger partial charge >= 0.3 is 0 Å². The molecule has 1 amide bonds. The molecule has 1 aromatic rings. The number of thiocarbonyl (C=S) groups is 1. The van der Waals surface area contributed by atoms with Gasteiger partial charge in [-0.1, -0.05) is 6.07 Å². The van der Waals surface area contributed by atoms with E-state index in [2.05, 4.69) is 10.6 Å². The minimum Gasteiger partial charge on any atom is -0.350 e. The molecule has 0 aliphatic carbocycles. The van der Waals surface area contributed by atoms with Crippen LogP contribution in [0.25, 0.3) is 0 Å². The van der Waals surface area contributed by atoms with Gasteiger partial charge in [0.2, 0.25) is 0 Å². The molecule has 0 fully saturated rings. The Morgan fingerprint density at radius 3 is 2.70 bits per heavy atom. The average molecular weight is 309 g/mol. The van der Waals surface area contributed by atoms with Gasteiger partial charge in [0.15, 0.2) is 5.11 Å². The van der Waals surface area contributed by atoms with E-state index in [0.29, 0.717) is 18.2 Å². The highest BCUT2D eigenvalue weighted by Crippen LogP contribution is 2.30. The van der Waals surface area contributed by atoms with Gasteiger partial charge in [-0.3, -0.25) is 4.79 Å². The van der Waals surface area contributed by atoms with Gasteiger partial charge in [0, 0.05) is 23.7 Å². The number of carbonyl (C=O) groups is 1. The van der Waals surface area contributed by atoms with E-state index in [4.69, 9.17) is 12.2 Å². The van der Waals surface area contributed by atoms with E-state index in [1.807, 2.05) is 43.2 Å². The Kier molecular flexibility index (Phi) is 4.77. The fourth-order valence-corrected chi connectivity index (χ4v) is 3.38. The second kappa shape index (κ2) is 6.37. The molecule has 6 heteroatoms. The van der Waals surface area contributed by atoms with Gasteiger partial charge in [0.05, 0.1) is 11.6 Å². The normalized spacial score (nSPS) is 18.6. The molecular formula is C14H19N3OS2. The van der Waals surface area contributed by atoms with Gasteiger partial charge in [-0.25, -0.2) is 0 Å². The van der Waals surface area contributed by atoms with Crippen molar-refractivity contribution in [1.29, 1.82) is 0 Å². The van der Waals surface area contributed by atoms with Crippen molar-refractivity contribution < 1.29 is 4.79 Å². The first kappa shape index (κ1) is 15.0. The van der Waals surface area contributed by atoms with Crippen LogP contribution in [0, 0.1) is 0 Å². The van der Waals surface area contributed by atoms with Crippen molar-refractivity contribution in [3.8, 4) is 0 Å². The Labute approximate surface area is 128 Å². The summed E-state index contributed by atoms with van der Waals surface area (Å²) in [5.74, 6) is 0.0633. The van der Waals surface area contributed by atoms with Crippen LogP contribution in [0.15, 0.2) is 28.8 Å². The summed E-state index contributed by atoms with van der Waals surface area (Å²) in [5.41, 5.74) is 1.59. The third kappa shape index (κ3) is 2.86. The molecule has 0 saturated carbocycles. The highest BCUT2D eigenvalue weighted by atomic mass is 32.1. The van der Waals surface area contributed by atoms with E-state index in [9.17, 15) is 4.79 Å². The zero-order valence-corrected chi connectivity index (χ0v) is 13.5. The standard InChI is InChI=1S/C14H19N3OS2/c1-4-17(5-2)13(18)11-9(3)15-14(19)16-12(11)10-7-6-8-20-10/h6-8,12H,4-5H2,1-3H3,(H2,15,16,19)/t12-/m0/s1. The predicted molar refractivity (Wildman–Crippen MR) is 86.6 cm³/mol. The van der Waals surface area contributed by atoms with Crippen molar-refractivity contribution >= 4 is 34.6 Å². The van der Waals surface area contributed by atoms with Crippen molar-refractivity contribution in [2.75, 3.05) is 13.1 Å². The van der Waals surface area contributed by atoms with Crippen molar-refractivity contribution in [2.24, 2.45) is 0 Å². The molecule has 0 spiro atoms. The van der Waals surface area contributed by atoms with Gasteiger partial charge in [-0.05, 0) is 44.4 Å². The van der Waals surface area contributed by atoms with Crippen LogP contribution in [0.1, 0.15) is 31.7 Å². The van der Waals surface area contributed by atoms with Gasteiger partial charge < -0.3 is 15.5 Å². The van der Waals surface area contributed by atoms with E-state index in [-0.39, 0.29) is 11.9 Å². The number of thiophene rings is 1. The number of hydrogen-bond acceptors (Lipinski definition) is 3. The second-order valence-corrected chi connectivity index (χ2v) is 5.95. The third-order valence-electron chi connectivity index (χ3n) is 3.38. The molecule has 0 bridgehead atoms. The van der Waals surface area contributed by atoms with Gasteiger partial charge in [-0.15, -0.1) is 11.3 Å². The number of nitrogens with one attached hydrogen (secondary N) is 2. The molecule has 1 atom stereocenters. The minimum absolute atomic E-state index is 0.0633. The van der Waals surface area contributed by atoms with E-state index >= 15 is 0 Å². The first-order valence-corrected chi connectivity index (χ1v) is 7.98. The number of likely N-dealkylation sites (N-methyl/N-ethyl adjacent to an activating group) is 1. The summed E-state index contributed by atoms with van der Waals surface area (Å²) in [4.78, 5) is 15.7. The van der Waals surface area contributed by atoms with Crippen LogP contribution in [0.5, 0.6) is 0 Å². The molecule has 2 N–H and O–H groups in total. The summed E-state index contributed by atoms with van der Waals surface area (Å²) < 4.78 is 0. The molecule has 108 valence electrons. The smallest absolute Gasteiger partial charge is 0.253 e. The minimum atomic E-state index is -0.156. The number of allylic oxidation sites excluding steroid dienone is 1. The molecule has 0 aromatic carbocycles. The van der Waals surface area contributed by atoms with E-state index < -0.39 is 0 Å². The van der Waals surface area contributed by atoms with Crippen molar-refractivity contribution in [1.82, 2.24) is 15.5 Å². The van der Waals surface area contributed by atoms with E-state index in [1.165, 1.54) is 0 Å². The molecule has 0 unspecified atom stereocenters. The van der Waals surface area contributed by atoms with Crippen molar-refractivity contribution in [3.63, 3.8) is 0 Å². The molecule has 2 heterocycles. The molecule has 1 aliphatic rings. The predicted octanol–water partition coefficient (Wildman–Crippen LogP) is 2.41. The largest absolute Gasteiger partial charge is 0.350 e. The highest BCUT2D eigenvalue weighted by Gasteiger charge is 2.32. The lowest BCUT2D eigenvalue weighted by molar-refractivity contribution is -0.127. The summed E-state index contributed by atoms with van der Waals surface area (Å²) in [6.45, 7) is 7.30. The molecule has 0 saturated heterocycles. The van der Waals surface area contributed by atoms with E-state index in [1.54, 1.807) is 11.3 Å². The first-order valence-electron chi connectivity index (χ1n) is 6.69. The lowest BCUT2D eigenvalue weighted by Gasteiger charge is -2.32. The Balaban J connectivity index is 2.41. The molecule has 20 heavy (non-hydrogen) atoms. The molecule has 1 aliphatic heterocycles. The maximum Gasteiger partial charge on any atom is 0.253 e. The summed E-state index contributed by atoms with van der Waals surface area (Å²) >= 11 is 6.85. The molecule has 0 radical (unpaired) electrons. The Bertz CT molecular complexity index is 533. The lowest BCUT2D eigenvalue weighted by atomic mass is 10.00. The maximum absolute atomic E-state index is 12.7. The van der Waals surface area contributed by atoms with Gasteiger partial charge in [-0.2, -0.15) is 0 Å². The van der Waals surface area contributed by atoms with Crippen LogP contribution in [-0.2, 0) is 4.79 Å². The number of nitrogens with zero attached hydrogens (tertiary/aromatic N) is 1. The van der Waals surface area contributed by atoms with Crippen LogP contribution in [0.4, 0.5) is 0 Å². The van der Waals surface area contributed by atoms with E-state index in [0.717, 1.165) is 16.1 Å². The second-order valence-electron chi connectivity index (χ2n) is 4.56. The fourth-order valence-electron chi connectivity index (χ4n) is 2.33. The SMILES string of the molecule is CCN(CC)C(=O)C1=C(C)NC(=S)N[C@H]1c1cccs1.